The molecule has 23 heavy (non-hydrogen) atoms. The van der Waals surface area contributed by atoms with Crippen LogP contribution in [0.25, 0.3) is 10.2 Å². The van der Waals surface area contributed by atoms with Crippen LogP contribution in [-0.2, 0) is 6.54 Å². The van der Waals surface area contributed by atoms with Crippen molar-refractivity contribution >= 4 is 21.6 Å². The molecule has 1 aromatic heterocycles. The number of rotatable bonds is 6. The number of thiazole rings is 1. The van der Waals surface area contributed by atoms with Crippen LogP contribution >= 0.6 is 11.3 Å². The molecule has 5 heteroatoms. The molecule has 0 saturated carbocycles. The highest BCUT2D eigenvalue weighted by atomic mass is 32.1. The molecule has 0 aliphatic heterocycles. The monoisotopic (exact) mass is 328 g/mol. The Labute approximate surface area is 140 Å². The Bertz CT molecular complexity index is 754. The molecule has 1 atom stereocenters. The molecule has 0 radical (unpaired) electrons. The van der Waals surface area contributed by atoms with Crippen LogP contribution in [0, 0.1) is 0 Å². The first-order valence-corrected chi connectivity index (χ1v) is 8.32. The molecule has 3 rings (SSSR count). The van der Waals surface area contributed by atoms with Crippen molar-refractivity contribution < 1.29 is 9.84 Å². The zero-order valence-corrected chi connectivity index (χ0v) is 14.1. The van der Waals surface area contributed by atoms with Gasteiger partial charge in [-0.1, -0.05) is 24.3 Å². The lowest BCUT2D eigenvalue weighted by Gasteiger charge is -2.20. The number of ether oxygens (including phenoxy) is 1. The molecule has 0 aliphatic rings. The van der Waals surface area contributed by atoms with E-state index in [4.69, 9.17) is 4.74 Å². The summed E-state index contributed by atoms with van der Waals surface area (Å²) in [6, 6.07) is 15.7. The molecule has 0 bridgehead atoms. The SMILES string of the molecule is COc1cccc(C(O)CN(C)Cc2nc3ccccc3s2)c1. The molecule has 120 valence electrons. The smallest absolute Gasteiger partial charge is 0.119 e. The summed E-state index contributed by atoms with van der Waals surface area (Å²) in [6.07, 6.45) is -0.551. The fraction of sp³-hybridized carbons (Fsp3) is 0.278. The molecule has 0 spiro atoms. The molecule has 1 heterocycles. The number of benzene rings is 2. The number of hydrogen-bond donors (Lipinski definition) is 1. The summed E-state index contributed by atoms with van der Waals surface area (Å²) in [7, 11) is 3.63. The minimum atomic E-state index is -0.551. The second-order valence-electron chi connectivity index (χ2n) is 5.56. The summed E-state index contributed by atoms with van der Waals surface area (Å²) in [5.74, 6) is 0.760. The number of likely N-dealkylation sites (N-methyl/N-ethyl adjacent to an activating group) is 1. The summed E-state index contributed by atoms with van der Waals surface area (Å²) >= 11 is 1.70. The molecule has 0 fully saturated rings. The van der Waals surface area contributed by atoms with Crippen LogP contribution in [0.15, 0.2) is 48.5 Å². The van der Waals surface area contributed by atoms with Crippen LogP contribution in [0.5, 0.6) is 5.75 Å². The van der Waals surface area contributed by atoms with E-state index in [1.165, 1.54) is 4.70 Å². The summed E-state index contributed by atoms with van der Waals surface area (Å²) < 4.78 is 6.40. The van der Waals surface area contributed by atoms with E-state index in [1.54, 1.807) is 18.4 Å². The van der Waals surface area contributed by atoms with E-state index in [2.05, 4.69) is 16.0 Å². The Balaban J connectivity index is 1.64. The van der Waals surface area contributed by atoms with Crippen molar-refractivity contribution in [2.24, 2.45) is 0 Å². The van der Waals surface area contributed by atoms with Gasteiger partial charge in [0.25, 0.3) is 0 Å². The van der Waals surface area contributed by atoms with Crippen molar-refractivity contribution in [2.45, 2.75) is 12.6 Å². The molecule has 3 aromatic rings. The van der Waals surface area contributed by atoms with Crippen LogP contribution < -0.4 is 4.74 Å². The van der Waals surface area contributed by atoms with E-state index < -0.39 is 6.10 Å². The highest BCUT2D eigenvalue weighted by molar-refractivity contribution is 7.18. The minimum absolute atomic E-state index is 0.545. The van der Waals surface area contributed by atoms with E-state index in [9.17, 15) is 5.11 Å². The number of nitrogens with zero attached hydrogens (tertiary/aromatic N) is 2. The highest BCUT2D eigenvalue weighted by Gasteiger charge is 2.13. The van der Waals surface area contributed by atoms with Gasteiger partial charge in [-0.2, -0.15) is 0 Å². The molecular weight excluding hydrogens is 308 g/mol. The second-order valence-corrected chi connectivity index (χ2v) is 6.68. The number of fused-ring (bicyclic) bond motifs is 1. The Kier molecular flexibility index (Phi) is 4.91. The van der Waals surface area contributed by atoms with Gasteiger partial charge in [0, 0.05) is 6.54 Å². The van der Waals surface area contributed by atoms with Crippen LogP contribution in [0.4, 0.5) is 0 Å². The van der Waals surface area contributed by atoms with Crippen molar-refractivity contribution in [3.8, 4) is 5.75 Å². The van der Waals surface area contributed by atoms with Gasteiger partial charge in [0.15, 0.2) is 0 Å². The number of hydrogen-bond acceptors (Lipinski definition) is 5. The number of para-hydroxylation sites is 1. The number of aliphatic hydroxyl groups is 1. The average Bonchev–Trinajstić information content (AvgIpc) is 2.96. The van der Waals surface area contributed by atoms with Crippen LogP contribution in [-0.4, -0.2) is 35.7 Å². The van der Waals surface area contributed by atoms with Crippen molar-refractivity contribution in [1.29, 1.82) is 0 Å². The van der Waals surface area contributed by atoms with Gasteiger partial charge in [-0.05, 0) is 36.9 Å². The average molecular weight is 328 g/mol. The van der Waals surface area contributed by atoms with Gasteiger partial charge < -0.3 is 9.84 Å². The van der Waals surface area contributed by atoms with E-state index in [0.717, 1.165) is 28.4 Å². The standard InChI is InChI=1S/C18H20N2O2S/c1-20(11-16(21)13-6-5-7-14(10-13)22-2)12-18-19-15-8-3-4-9-17(15)23-18/h3-10,16,21H,11-12H2,1-2H3. The first-order chi connectivity index (χ1) is 11.2. The molecule has 1 unspecified atom stereocenters. The quantitative estimate of drug-likeness (QED) is 0.752. The van der Waals surface area contributed by atoms with E-state index in [1.807, 2.05) is 49.5 Å². The van der Waals surface area contributed by atoms with Gasteiger partial charge in [0.2, 0.25) is 0 Å². The first kappa shape index (κ1) is 15.9. The lowest BCUT2D eigenvalue weighted by atomic mass is 10.1. The number of aliphatic hydroxyl groups excluding tert-OH is 1. The Morgan fingerprint density at radius 1 is 1.22 bits per heavy atom. The fourth-order valence-corrected chi connectivity index (χ4v) is 3.58. The molecular formula is C18H20N2O2S. The predicted molar refractivity (Wildman–Crippen MR) is 93.9 cm³/mol. The van der Waals surface area contributed by atoms with Gasteiger partial charge in [-0.15, -0.1) is 11.3 Å². The first-order valence-electron chi connectivity index (χ1n) is 7.50. The second kappa shape index (κ2) is 7.08. The third-order valence-electron chi connectivity index (χ3n) is 3.71. The van der Waals surface area contributed by atoms with Gasteiger partial charge in [-0.3, -0.25) is 4.90 Å². The topological polar surface area (TPSA) is 45.6 Å². The van der Waals surface area contributed by atoms with E-state index in [-0.39, 0.29) is 0 Å². The predicted octanol–water partition coefficient (Wildman–Crippen LogP) is 3.47. The zero-order chi connectivity index (χ0) is 16.2. The molecule has 0 amide bonds. The van der Waals surface area contributed by atoms with Crippen molar-refractivity contribution in [1.82, 2.24) is 9.88 Å². The lowest BCUT2D eigenvalue weighted by molar-refractivity contribution is 0.123. The maximum Gasteiger partial charge on any atom is 0.119 e. The Morgan fingerprint density at radius 2 is 2.04 bits per heavy atom. The summed E-state index contributed by atoms with van der Waals surface area (Å²) in [5.41, 5.74) is 1.90. The van der Waals surface area contributed by atoms with Crippen LogP contribution in [0.3, 0.4) is 0 Å². The molecule has 4 nitrogen and oxygen atoms in total. The molecule has 2 aromatic carbocycles. The summed E-state index contributed by atoms with van der Waals surface area (Å²) in [6.45, 7) is 1.27. The van der Waals surface area contributed by atoms with Gasteiger partial charge in [0.05, 0.1) is 30.0 Å². The van der Waals surface area contributed by atoms with Gasteiger partial charge >= 0.3 is 0 Å². The van der Waals surface area contributed by atoms with Crippen molar-refractivity contribution in [3.05, 3.63) is 59.1 Å². The number of aromatic nitrogens is 1. The normalized spacial score (nSPS) is 12.7. The fourth-order valence-electron chi connectivity index (χ4n) is 2.53. The van der Waals surface area contributed by atoms with Crippen molar-refractivity contribution in [3.63, 3.8) is 0 Å². The lowest BCUT2D eigenvalue weighted by Crippen LogP contribution is -2.24. The third kappa shape index (κ3) is 3.88. The van der Waals surface area contributed by atoms with Crippen molar-refractivity contribution in [2.75, 3.05) is 20.7 Å². The van der Waals surface area contributed by atoms with Crippen LogP contribution in [0.1, 0.15) is 16.7 Å². The number of methoxy groups -OCH3 is 1. The maximum atomic E-state index is 10.4. The summed E-state index contributed by atoms with van der Waals surface area (Å²) in [4.78, 5) is 6.72. The van der Waals surface area contributed by atoms with Gasteiger partial charge in [0.1, 0.15) is 10.8 Å². The molecule has 0 aliphatic carbocycles. The van der Waals surface area contributed by atoms with E-state index >= 15 is 0 Å². The Hall–Kier alpha value is -1.95. The Morgan fingerprint density at radius 3 is 2.83 bits per heavy atom. The zero-order valence-electron chi connectivity index (χ0n) is 13.3. The molecule has 0 saturated heterocycles. The highest BCUT2D eigenvalue weighted by Crippen LogP contribution is 2.24. The van der Waals surface area contributed by atoms with Gasteiger partial charge in [-0.25, -0.2) is 4.98 Å². The summed E-state index contributed by atoms with van der Waals surface area (Å²) in [5, 5.41) is 11.5. The minimum Gasteiger partial charge on any atom is -0.497 e. The van der Waals surface area contributed by atoms with E-state index in [0.29, 0.717) is 6.54 Å². The maximum absolute atomic E-state index is 10.4. The third-order valence-corrected chi connectivity index (χ3v) is 4.73. The molecule has 1 N–H and O–H groups in total. The van der Waals surface area contributed by atoms with Crippen LogP contribution in [0.2, 0.25) is 0 Å². The largest absolute Gasteiger partial charge is 0.497 e.